The molecule has 0 bridgehead atoms. The van der Waals surface area contributed by atoms with Crippen LogP contribution in [-0.2, 0) is 19.9 Å². The standard InChI is InChI=1S/C15H19N3/c1-10-9-17-18(2)15(10)14(16)13-7-11-5-3-4-6-12(11)8-13/h3-6,9,13-14H,7-8,16H2,1-2H3. The maximum atomic E-state index is 6.46. The van der Waals surface area contributed by atoms with E-state index in [1.54, 1.807) is 0 Å². The van der Waals surface area contributed by atoms with Gasteiger partial charge in [-0.05, 0) is 42.4 Å². The third-order valence-electron chi connectivity index (χ3n) is 4.08. The molecule has 1 aliphatic carbocycles. The highest BCUT2D eigenvalue weighted by Gasteiger charge is 2.29. The van der Waals surface area contributed by atoms with Crippen molar-refractivity contribution >= 4 is 0 Å². The molecular formula is C15H19N3. The van der Waals surface area contributed by atoms with Crippen LogP contribution in [-0.4, -0.2) is 9.78 Å². The summed E-state index contributed by atoms with van der Waals surface area (Å²) in [5.41, 5.74) is 11.7. The van der Waals surface area contributed by atoms with E-state index in [1.165, 1.54) is 22.4 Å². The summed E-state index contributed by atoms with van der Waals surface area (Å²) in [5.74, 6) is 0.497. The molecule has 0 radical (unpaired) electrons. The van der Waals surface area contributed by atoms with Crippen LogP contribution >= 0.6 is 0 Å². The summed E-state index contributed by atoms with van der Waals surface area (Å²) in [6.07, 6.45) is 4.07. The fourth-order valence-corrected chi connectivity index (χ4v) is 3.11. The van der Waals surface area contributed by atoms with E-state index < -0.39 is 0 Å². The number of aryl methyl sites for hydroxylation is 2. The lowest BCUT2D eigenvalue weighted by molar-refractivity contribution is 0.428. The third kappa shape index (κ3) is 1.75. The van der Waals surface area contributed by atoms with Crippen LogP contribution in [0.2, 0.25) is 0 Å². The molecule has 1 aromatic heterocycles. The van der Waals surface area contributed by atoms with E-state index in [4.69, 9.17) is 5.73 Å². The number of nitrogens with zero attached hydrogens (tertiary/aromatic N) is 2. The van der Waals surface area contributed by atoms with Gasteiger partial charge in [-0.1, -0.05) is 24.3 Å². The van der Waals surface area contributed by atoms with Gasteiger partial charge in [0.15, 0.2) is 0 Å². The van der Waals surface area contributed by atoms with Crippen LogP contribution in [0.15, 0.2) is 30.5 Å². The summed E-state index contributed by atoms with van der Waals surface area (Å²) in [7, 11) is 1.98. The van der Waals surface area contributed by atoms with Gasteiger partial charge >= 0.3 is 0 Å². The molecule has 2 aromatic rings. The van der Waals surface area contributed by atoms with Gasteiger partial charge in [0.05, 0.1) is 17.9 Å². The van der Waals surface area contributed by atoms with Crippen molar-refractivity contribution in [1.29, 1.82) is 0 Å². The number of benzene rings is 1. The Balaban J connectivity index is 1.87. The summed E-state index contributed by atoms with van der Waals surface area (Å²) < 4.78 is 1.92. The zero-order chi connectivity index (χ0) is 12.7. The average molecular weight is 241 g/mol. The first-order chi connectivity index (χ1) is 8.66. The topological polar surface area (TPSA) is 43.8 Å². The molecule has 3 nitrogen and oxygen atoms in total. The number of fused-ring (bicyclic) bond motifs is 1. The van der Waals surface area contributed by atoms with Crippen molar-refractivity contribution in [3.05, 3.63) is 52.8 Å². The van der Waals surface area contributed by atoms with Gasteiger partial charge in [0.25, 0.3) is 0 Å². The summed E-state index contributed by atoms with van der Waals surface area (Å²) in [6.45, 7) is 2.09. The Labute approximate surface area is 108 Å². The normalized spacial score (nSPS) is 16.8. The molecule has 0 saturated carbocycles. The quantitative estimate of drug-likeness (QED) is 0.875. The van der Waals surface area contributed by atoms with Crippen molar-refractivity contribution in [1.82, 2.24) is 9.78 Å². The van der Waals surface area contributed by atoms with Gasteiger partial charge in [0, 0.05) is 7.05 Å². The van der Waals surface area contributed by atoms with Gasteiger partial charge < -0.3 is 5.73 Å². The first-order valence-corrected chi connectivity index (χ1v) is 6.47. The molecule has 3 rings (SSSR count). The maximum absolute atomic E-state index is 6.46. The molecule has 0 spiro atoms. The molecule has 0 aliphatic heterocycles. The molecule has 1 unspecified atom stereocenters. The smallest absolute Gasteiger partial charge is 0.0580 e. The molecule has 0 saturated heterocycles. The molecule has 1 heterocycles. The second-order valence-electron chi connectivity index (χ2n) is 5.30. The summed E-state index contributed by atoms with van der Waals surface area (Å²) in [6, 6.07) is 8.74. The Kier molecular flexibility index (Phi) is 2.71. The van der Waals surface area contributed by atoms with E-state index >= 15 is 0 Å². The van der Waals surface area contributed by atoms with Gasteiger partial charge in [0.1, 0.15) is 0 Å². The second kappa shape index (κ2) is 4.25. The third-order valence-corrected chi connectivity index (χ3v) is 4.08. The monoisotopic (exact) mass is 241 g/mol. The van der Waals surface area contributed by atoms with Crippen LogP contribution < -0.4 is 5.73 Å². The van der Waals surface area contributed by atoms with E-state index in [0.717, 1.165) is 12.8 Å². The van der Waals surface area contributed by atoms with E-state index in [0.29, 0.717) is 5.92 Å². The summed E-state index contributed by atoms with van der Waals surface area (Å²) >= 11 is 0. The molecule has 1 aromatic carbocycles. The Hall–Kier alpha value is -1.61. The molecule has 0 fully saturated rings. The van der Waals surface area contributed by atoms with Crippen LogP contribution in [0.4, 0.5) is 0 Å². The van der Waals surface area contributed by atoms with Crippen LogP contribution in [0.1, 0.15) is 28.4 Å². The molecule has 1 atom stereocenters. The number of hydrogen-bond donors (Lipinski definition) is 1. The van der Waals surface area contributed by atoms with Crippen molar-refractivity contribution in [3.8, 4) is 0 Å². The summed E-state index contributed by atoms with van der Waals surface area (Å²) in [4.78, 5) is 0. The largest absolute Gasteiger partial charge is 0.322 e. The van der Waals surface area contributed by atoms with Crippen LogP contribution in [0.25, 0.3) is 0 Å². The van der Waals surface area contributed by atoms with Crippen molar-refractivity contribution in [2.75, 3.05) is 0 Å². The van der Waals surface area contributed by atoms with Gasteiger partial charge in [-0.3, -0.25) is 4.68 Å². The fraction of sp³-hybridized carbons (Fsp3) is 0.400. The van der Waals surface area contributed by atoms with E-state index in [2.05, 4.69) is 36.3 Å². The van der Waals surface area contributed by atoms with Gasteiger partial charge in [-0.15, -0.1) is 0 Å². The minimum Gasteiger partial charge on any atom is -0.322 e. The Morgan fingerprint density at radius 2 is 1.89 bits per heavy atom. The second-order valence-corrected chi connectivity index (χ2v) is 5.30. The van der Waals surface area contributed by atoms with Crippen molar-refractivity contribution in [2.45, 2.75) is 25.8 Å². The van der Waals surface area contributed by atoms with Crippen molar-refractivity contribution in [3.63, 3.8) is 0 Å². The molecule has 94 valence electrons. The highest BCUT2D eigenvalue weighted by molar-refractivity contribution is 5.34. The lowest BCUT2D eigenvalue weighted by atomic mass is 9.93. The van der Waals surface area contributed by atoms with E-state index in [9.17, 15) is 0 Å². The highest BCUT2D eigenvalue weighted by Crippen LogP contribution is 2.34. The van der Waals surface area contributed by atoms with Gasteiger partial charge in [-0.25, -0.2) is 0 Å². The number of hydrogen-bond acceptors (Lipinski definition) is 2. The molecule has 0 amide bonds. The lowest BCUT2D eigenvalue weighted by Gasteiger charge is -2.20. The number of aromatic nitrogens is 2. The van der Waals surface area contributed by atoms with E-state index in [1.807, 2.05) is 17.9 Å². The summed E-state index contributed by atoms with van der Waals surface area (Å²) in [5, 5.41) is 4.29. The fourth-order valence-electron chi connectivity index (χ4n) is 3.11. The first-order valence-electron chi connectivity index (χ1n) is 6.47. The predicted molar refractivity (Wildman–Crippen MR) is 72.2 cm³/mol. The van der Waals surface area contributed by atoms with Gasteiger partial charge in [0.2, 0.25) is 0 Å². The van der Waals surface area contributed by atoms with E-state index in [-0.39, 0.29) is 6.04 Å². The Morgan fingerprint density at radius 1 is 1.28 bits per heavy atom. The maximum Gasteiger partial charge on any atom is 0.0580 e. The average Bonchev–Trinajstić information content (AvgIpc) is 2.92. The molecular weight excluding hydrogens is 222 g/mol. The molecule has 2 N–H and O–H groups in total. The minimum atomic E-state index is 0.0740. The van der Waals surface area contributed by atoms with Gasteiger partial charge in [-0.2, -0.15) is 5.10 Å². The van der Waals surface area contributed by atoms with Crippen molar-refractivity contribution in [2.24, 2.45) is 18.7 Å². The molecule has 3 heteroatoms. The zero-order valence-corrected chi connectivity index (χ0v) is 10.9. The first kappa shape index (κ1) is 11.5. The minimum absolute atomic E-state index is 0.0740. The predicted octanol–water partition coefficient (Wildman–Crippen LogP) is 2.14. The van der Waals surface area contributed by atoms with Crippen molar-refractivity contribution < 1.29 is 0 Å². The Bertz CT molecular complexity index is 526. The highest BCUT2D eigenvalue weighted by atomic mass is 15.3. The van der Waals surface area contributed by atoms with Crippen LogP contribution in [0, 0.1) is 12.8 Å². The molecule has 1 aliphatic rings. The Morgan fingerprint density at radius 3 is 2.39 bits per heavy atom. The van der Waals surface area contributed by atoms with Crippen LogP contribution in [0.5, 0.6) is 0 Å². The number of nitrogens with two attached hydrogens (primary N) is 1. The van der Waals surface area contributed by atoms with Crippen LogP contribution in [0.3, 0.4) is 0 Å². The molecule has 18 heavy (non-hydrogen) atoms. The lowest BCUT2D eigenvalue weighted by Crippen LogP contribution is -2.25. The number of rotatable bonds is 2. The SMILES string of the molecule is Cc1cnn(C)c1C(N)C1Cc2ccccc2C1. The zero-order valence-electron chi connectivity index (χ0n) is 10.9.